The van der Waals surface area contributed by atoms with Crippen LogP contribution in [0.1, 0.15) is 54.9 Å². The van der Waals surface area contributed by atoms with Gasteiger partial charge in [-0.05, 0) is 29.6 Å². The van der Waals surface area contributed by atoms with E-state index in [2.05, 4.69) is 41.5 Å². The zero-order valence-corrected chi connectivity index (χ0v) is 19.3. The normalized spacial score (nSPS) is 20.7. The Morgan fingerprint density at radius 3 is 2.30 bits per heavy atom. The maximum atomic E-state index is 11.4. The van der Waals surface area contributed by atoms with Crippen molar-refractivity contribution in [1.29, 1.82) is 0 Å². The first-order chi connectivity index (χ1) is 12.6. The highest BCUT2D eigenvalue weighted by atomic mass is 28.4. The molecule has 1 aliphatic rings. The van der Waals surface area contributed by atoms with Crippen LogP contribution in [0.3, 0.4) is 0 Å². The van der Waals surface area contributed by atoms with Crippen LogP contribution in [0.2, 0.25) is 16.6 Å². The second-order valence-electron chi connectivity index (χ2n) is 8.44. The Morgan fingerprint density at radius 1 is 1.22 bits per heavy atom. The third kappa shape index (κ3) is 6.56. The molecule has 156 valence electrons. The van der Waals surface area contributed by atoms with Crippen LogP contribution >= 0.6 is 0 Å². The smallest absolute Gasteiger partial charge is 0.331 e. The summed E-state index contributed by atoms with van der Waals surface area (Å²) < 4.78 is 23.1. The lowest BCUT2D eigenvalue weighted by Crippen LogP contribution is -2.51. The van der Waals surface area contributed by atoms with Gasteiger partial charge >= 0.3 is 5.97 Å². The summed E-state index contributed by atoms with van der Waals surface area (Å²) in [6.45, 7) is 16.2. The molecule has 0 amide bonds. The van der Waals surface area contributed by atoms with E-state index >= 15 is 0 Å². The van der Waals surface area contributed by atoms with Crippen LogP contribution in [-0.2, 0) is 23.4 Å². The Morgan fingerprint density at radius 2 is 1.81 bits per heavy atom. The lowest BCUT2D eigenvalue weighted by Gasteiger charge is -2.44. The van der Waals surface area contributed by atoms with Crippen molar-refractivity contribution >= 4 is 14.3 Å². The first-order valence-corrected chi connectivity index (χ1v) is 12.0. The Labute approximate surface area is 166 Å². The highest BCUT2D eigenvalue weighted by Crippen LogP contribution is 2.42. The number of rotatable bonds is 11. The summed E-state index contributed by atoms with van der Waals surface area (Å²) in [4.78, 5) is 11.4. The number of carbonyl (C=O) groups excluding carboxylic acids is 1. The SMILES string of the molecule is COCO[C@](C)(/C=C/[C@H]1CC=CC(=O)O1)CO[Si](C(C)C)(C(C)C)C(C)C. The van der Waals surface area contributed by atoms with Gasteiger partial charge in [0.2, 0.25) is 0 Å². The fourth-order valence-corrected chi connectivity index (χ4v) is 9.60. The van der Waals surface area contributed by atoms with E-state index in [1.807, 2.05) is 25.2 Å². The van der Waals surface area contributed by atoms with Crippen LogP contribution in [0.5, 0.6) is 0 Å². The quantitative estimate of drug-likeness (QED) is 0.212. The Bertz CT molecular complexity index is 505. The zero-order chi connectivity index (χ0) is 20.7. The summed E-state index contributed by atoms with van der Waals surface area (Å²) in [5.41, 5.74) is 0.841. The Hall–Kier alpha value is -0.953. The highest BCUT2D eigenvalue weighted by Gasteiger charge is 2.46. The number of esters is 1. The molecule has 0 aromatic rings. The van der Waals surface area contributed by atoms with E-state index in [-0.39, 0.29) is 18.9 Å². The van der Waals surface area contributed by atoms with Crippen molar-refractivity contribution in [3.05, 3.63) is 24.3 Å². The molecule has 0 saturated carbocycles. The first kappa shape index (κ1) is 24.1. The van der Waals surface area contributed by atoms with Crippen LogP contribution in [0.15, 0.2) is 24.3 Å². The van der Waals surface area contributed by atoms with E-state index in [1.54, 1.807) is 7.11 Å². The monoisotopic (exact) mass is 398 g/mol. The molecular formula is C21H38O5Si. The summed E-state index contributed by atoms with van der Waals surface area (Å²) in [6.07, 6.45) is 7.54. The number of hydrogen-bond donors (Lipinski definition) is 0. The molecule has 1 aliphatic heterocycles. The number of methoxy groups -OCH3 is 1. The van der Waals surface area contributed by atoms with Gasteiger partial charge in [-0.25, -0.2) is 4.79 Å². The van der Waals surface area contributed by atoms with Crippen LogP contribution in [0, 0.1) is 0 Å². The molecule has 1 heterocycles. The van der Waals surface area contributed by atoms with Crippen molar-refractivity contribution in [3.8, 4) is 0 Å². The second-order valence-corrected chi connectivity index (χ2v) is 13.9. The van der Waals surface area contributed by atoms with Crippen molar-refractivity contribution in [2.24, 2.45) is 0 Å². The minimum atomic E-state index is -2.01. The number of ether oxygens (including phenoxy) is 3. The third-order valence-electron chi connectivity index (χ3n) is 5.38. The van der Waals surface area contributed by atoms with Gasteiger partial charge in [-0.3, -0.25) is 0 Å². The average Bonchev–Trinajstić information content (AvgIpc) is 2.58. The minimum Gasteiger partial charge on any atom is -0.455 e. The Kier molecular flexibility index (Phi) is 9.41. The summed E-state index contributed by atoms with van der Waals surface area (Å²) in [5.74, 6) is -0.308. The van der Waals surface area contributed by atoms with E-state index in [0.29, 0.717) is 29.7 Å². The van der Waals surface area contributed by atoms with Gasteiger partial charge in [0.25, 0.3) is 0 Å². The van der Waals surface area contributed by atoms with Gasteiger partial charge in [-0.15, -0.1) is 0 Å². The molecule has 6 heteroatoms. The van der Waals surface area contributed by atoms with E-state index in [4.69, 9.17) is 18.6 Å². The molecule has 27 heavy (non-hydrogen) atoms. The van der Waals surface area contributed by atoms with E-state index < -0.39 is 13.9 Å². The van der Waals surface area contributed by atoms with Crippen molar-refractivity contribution in [2.75, 3.05) is 20.5 Å². The van der Waals surface area contributed by atoms with Crippen molar-refractivity contribution < 1.29 is 23.4 Å². The van der Waals surface area contributed by atoms with Crippen LogP contribution in [0.4, 0.5) is 0 Å². The molecule has 0 bridgehead atoms. The van der Waals surface area contributed by atoms with Gasteiger partial charge in [-0.1, -0.05) is 53.7 Å². The van der Waals surface area contributed by atoms with Gasteiger partial charge in [0.15, 0.2) is 8.32 Å². The van der Waals surface area contributed by atoms with Crippen molar-refractivity contribution in [2.45, 2.75) is 83.2 Å². The molecule has 0 unspecified atom stereocenters. The largest absolute Gasteiger partial charge is 0.455 e. The molecule has 0 N–H and O–H groups in total. The molecule has 5 nitrogen and oxygen atoms in total. The molecule has 0 aromatic carbocycles. The summed E-state index contributed by atoms with van der Waals surface area (Å²) in [7, 11) is -0.402. The third-order valence-corrected chi connectivity index (χ3v) is 11.4. The molecule has 0 aromatic heterocycles. The highest BCUT2D eigenvalue weighted by molar-refractivity contribution is 6.77. The standard InChI is InChI=1S/C21H38O5Si/c1-16(2)27(17(3)4,18(5)6)25-14-21(7,24-15-23-8)13-12-19-10-9-11-20(22)26-19/h9,11-13,16-19H,10,14-15H2,1-8H3/b13-12+/t19-,21-/m1/s1. The predicted octanol–water partition coefficient (Wildman–Crippen LogP) is 4.99. The molecule has 1 rings (SSSR count). The maximum absolute atomic E-state index is 11.4. The van der Waals surface area contributed by atoms with Gasteiger partial charge in [0.1, 0.15) is 18.5 Å². The van der Waals surface area contributed by atoms with Gasteiger partial charge < -0.3 is 18.6 Å². The summed E-state index contributed by atoms with van der Waals surface area (Å²) in [6, 6.07) is 0. The molecule has 0 fully saturated rings. The van der Waals surface area contributed by atoms with E-state index in [1.165, 1.54) is 6.08 Å². The number of hydrogen-bond acceptors (Lipinski definition) is 5. The van der Waals surface area contributed by atoms with Crippen LogP contribution in [-0.4, -0.2) is 46.5 Å². The van der Waals surface area contributed by atoms with Crippen molar-refractivity contribution in [3.63, 3.8) is 0 Å². The predicted molar refractivity (Wildman–Crippen MR) is 111 cm³/mol. The zero-order valence-electron chi connectivity index (χ0n) is 18.3. The molecule has 0 aliphatic carbocycles. The second kappa shape index (κ2) is 10.6. The number of cyclic esters (lactones) is 1. The van der Waals surface area contributed by atoms with Crippen LogP contribution < -0.4 is 0 Å². The lowest BCUT2D eigenvalue weighted by molar-refractivity contribution is -0.142. The summed E-state index contributed by atoms with van der Waals surface area (Å²) >= 11 is 0. The fraction of sp³-hybridized carbons (Fsp3) is 0.762. The van der Waals surface area contributed by atoms with Gasteiger partial charge in [0, 0.05) is 19.6 Å². The topological polar surface area (TPSA) is 54.0 Å². The van der Waals surface area contributed by atoms with E-state index in [0.717, 1.165) is 0 Å². The minimum absolute atomic E-state index is 0.175. The lowest BCUT2D eigenvalue weighted by atomic mass is 10.1. The number of carbonyl (C=O) groups is 1. The molecule has 0 spiro atoms. The van der Waals surface area contributed by atoms with Gasteiger partial charge in [0.05, 0.1) is 6.61 Å². The molecule has 2 atom stereocenters. The first-order valence-electron chi connectivity index (χ1n) is 9.90. The van der Waals surface area contributed by atoms with Gasteiger partial charge in [-0.2, -0.15) is 0 Å². The fourth-order valence-electron chi connectivity index (χ4n) is 4.06. The molecular weight excluding hydrogens is 360 g/mol. The average molecular weight is 399 g/mol. The Balaban J connectivity index is 2.97. The van der Waals surface area contributed by atoms with Crippen molar-refractivity contribution in [1.82, 2.24) is 0 Å². The van der Waals surface area contributed by atoms with Crippen LogP contribution in [0.25, 0.3) is 0 Å². The van der Waals surface area contributed by atoms with E-state index in [9.17, 15) is 4.79 Å². The molecule has 0 saturated heterocycles. The molecule has 0 radical (unpaired) electrons. The summed E-state index contributed by atoms with van der Waals surface area (Å²) in [5, 5.41) is 0. The maximum Gasteiger partial charge on any atom is 0.331 e.